The molecule has 0 aromatic heterocycles. The first kappa shape index (κ1) is 25.7. The molecule has 1 heterocycles. The van der Waals surface area contributed by atoms with Crippen molar-refractivity contribution in [3.05, 3.63) is 59.4 Å². The molecule has 35 heavy (non-hydrogen) atoms. The fourth-order valence-electron chi connectivity index (χ4n) is 4.94. The van der Waals surface area contributed by atoms with Gasteiger partial charge in [0.2, 0.25) is 10.0 Å². The van der Waals surface area contributed by atoms with E-state index in [9.17, 15) is 27.1 Å². The Hall–Kier alpha value is -2.43. The van der Waals surface area contributed by atoms with Gasteiger partial charge in [-0.3, -0.25) is 4.79 Å². The van der Waals surface area contributed by atoms with Crippen LogP contribution in [0.3, 0.4) is 0 Å². The molecule has 2 N–H and O–H groups in total. The van der Waals surface area contributed by atoms with Gasteiger partial charge in [-0.05, 0) is 69.2 Å². The molecule has 1 saturated heterocycles. The van der Waals surface area contributed by atoms with Crippen LogP contribution < -0.4 is 4.72 Å². The minimum atomic E-state index is -3.63. The third-order valence-corrected chi connectivity index (χ3v) is 8.19. The van der Waals surface area contributed by atoms with Crippen LogP contribution >= 0.6 is 0 Å². The van der Waals surface area contributed by atoms with Gasteiger partial charge in [0.05, 0.1) is 11.8 Å². The summed E-state index contributed by atoms with van der Waals surface area (Å²) >= 11 is 0. The third-order valence-electron chi connectivity index (χ3n) is 6.77. The van der Waals surface area contributed by atoms with Gasteiger partial charge in [-0.1, -0.05) is 18.2 Å². The number of halogens is 3. The van der Waals surface area contributed by atoms with Crippen LogP contribution in [0.25, 0.3) is 11.1 Å². The number of likely N-dealkylation sites (tertiary alicyclic amines) is 1. The van der Waals surface area contributed by atoms with Crippen LogP contribution in [0.2, 0.25) is 0 Å². The molecule has 0 bridgehead atoms. The highest BCUT2D eigenvalue weighted by molar-refractivity contribution is 7.89. The highest BCUT2D eigenvalue weighted by atomic mass is 32.2. The summed E-state index contributed by atoms with van der Waals surface area (Å²) in [6, 6.07) is 5.62. The van der Waals surface area contributed by atoms with Gasteiger partial charge in [0.1, 0.15) is 23.1 Å². The number of nitrogens with zero attached hydrogens (tertiary/aromatic N) is 1. The number of nitrogens with one attached hydrogen (secondary N) is 1. The normalized spacial score (nSPS) is 24.3. The predicted octanol–water partition coefficient (Wildman–Crippen LogP) is 3.38. The van der Waals surface area contributed by atoms with Crippen LogP contribution in [0.5, 0.6) is 0 Å². The molecule has 2 aromatic carbocycles. The summed E-state index contributed by atoms with van der Waals surface area (Å²) in [6.07, 6.45) is 1.12. The minimum absolute atomic E-state index is 0.00735. The number of piperidine rings is 1. The summed E-state index contributed by atoms with van der Waals surface area (Å²) in [5.41, 5.74) is -1.51. The summed E-state index contributed by atoms with van der Waals surface area (Å²) in [5.74, 6) is -3.00. The van der Waals surface area contributed by atoms with Crippen molar-refractivity contribution >= 4 is 15.9 Å². The van der Waals surface area contributed by atoms with Crippen LogP contribution in [-0.4, -0.2) is 53.8 Å². The molecule has 1 aliphatic carbocycles. The van der Waals surface area contributed by atoms with Crippen molar-refractivity contribution in [1.29, 1.82) is 0 Å². The number of sulfonamides is 1. The number of hydrogen-bond donors (Lipinski definition) is 2. The van der Waals surface area contributed by atoms with Gasteiger partial charge in [0.25, 0.3) is 5.91 Å². The monoisotopic (exact) mass is 510 g/mol. The average molecular weight is 511 g/mol. The van der Waals surface area contributed by atoms with Gasteiger partial charge >= 0.3 is 0 Å². The van der Waals surface area contributed by atoms with Crippen molar-refractivity contribution in [2.75, 3.05) is 5.75 Å². The van der Waals surface area contributed by atoms with E-state index in [4.69, 9.17) is 0 Å². The number of carbonyl (C=O) groups excluding carboxylic acids is 1. The summed E-state index contributed by atoms with van der Waals surface area (Å²) in [7, 11) is -3.63. The van der Waals surface area contributed by atoms with Crippen molar-refractivity contribution < 1.29 is 31.5 Å². The molecule has 4 atom stereocenters. The molecular weight excluding hydrogens is 481 g/mol. The zero-order valence-corrected chi connectivity index (χ0v) is 20.6. The van der Waals surface area contributed by atoms with Gasteiger partial charge in [-0.15, -0.1) is 0 Å². The number of rotatable bonds is 7. The van der Waals surface area contributed by atoms with E-state index in [1.165, 1.54) is 37.8 Å². The number of hydrogen-bond acceptors (Lipinski definition) is 4. The van der Waals surface area contributed by atoms with Gasteiger partial charge in [-0.2, -0.15) is 0 Å². The molecule has 10 heteroatoms. The molecule has 2 fully saturated rings. The summed E-state index contributed by atoms with van der Waals surface area (Å²) in [6.45, 7) is 4.23. The van der Waals surface area contributed by atoms with E-state index in [0.717, 1.165) is 12.1 Å². The molecule has 190 valence electrons. The minimum Gasteiger partial charge on any atom is -0.381 e. The Morgan fingerprint density at radius 1 is 1.14 bits per heavy atom. The Morgan fingerprint density at radius 2 is 1.80 bits per heavy atom. The molecule has 2 aliphatic rings. The number of carbonyl (C=O) groups is 1. The smallest absolute Gasteiger partial charge is 0.254 e. The van der Waals surface area contributed by atoms with Crippen molar-refractivity contribution in [1.82, 2.24) is 9.62 Å². The first-order valence-electron chi connectivity index (χ1n) is 11.6. The fourth-order valence-corrected chi connectivity index (χ4v) is 5.82. The standard InChI is InChI=1S/C25H29F3N2O4S/c1-4-35(33,34)29-20-10-16-12-21(16)30(24(31)25(2,3)32)22(20)11-14-6-5-7-19(23(14)28)15-8-17(26)13-18(27)9-15/h5-9,13,16,20-22,29,32H,4,10-12H2,1-3H3/t16-,20+,21+,22+/m1/s1. The highest BCUT2D eigenvalue weighted by Gasteiger charge is 2.56. The molecule has 1 amide bonds. The largest absolute Gasteiger partial charge is 0.381 e. The molecule has 0 spiro atoms. The average Bonchev–Trinajstić information content (AvgIpc) is 3.52. The van der Waals surface area contributed by atoms with Crippen molar-refractivity contribution in [2.24, 2.45) is 5.92 Å². The Bertz CT molecular complexity index is 1230. The molecule has 4 rings (SSSR count). The summed E-state index contributed by atoms with van der Waals surface area (Å²) < 4.78 is 70.7. The van der Waals surface area contributed by atoms with E-state index < -0.39 is 51.1 Å². The zero-order chi connectivity index (χ0) is 25.7. The summed E-state index contributed by atoms with van der Waals surface area (Å²) in [5, 5.41) is 10.4. The van der Waals surface area contributed by atoms with E-state index in [0.29, 0.717) is 18.9 Å². The van der Waals surface area contributed by atoms with Gasteiger partial charge < -0.3 is 10.0 Å². The number of aliphatic hydroxyl groups is 1. The molecule has 0 unspecified atom stereocenters. The summed E-state index contributed by atoms with van der Waals surface area (Å²) in [4.78, 5) is 14.7. The van der Waals surface area contributed by atoms with Crippen molar-refractivity contribution in [2.45, 2.75) is 63.8 Å². The van der Waals surface area contributed by atoms with E-state index in [-0.39, 0.29) is 40.8 Å². The van der Waals surface area contributed by atoms with Crippen LogP contribution in [0.1, 0.15) is 39.2 Å². The van der Waals surface area contributed by atoms with E-state index in [1.807, 2.05) is 0 Å². The molecule has 1 saturated carbocycles. The first-order chi connectivity index (χ1) is 16.3. The Kier molecular flexibility index (Phi) is 6.76. The first-order valence-corrected chi connectivity index (χ1v) is 13.2. The van der Waals surface area contributed by atoms with Gasteiger partial charge in [0.15, 0.2) is 0 Å². The highest BCUT2D eigenvalue weighted by Crippen LogP contribution is 2.47. The molecule has 1 aliphatic heterocycles. The maximum atomic E-state index is 15.6. The van der Waals surface area contributed by atoms with Gasteiger partial charge in [-0.25, -0.2) is 26.3 Å². The fraction of sp³-hybridized carbons (Fsp3) is 0.480. The second kappa shape index (κ2) is 9.22. The van der Waals surface area contributed by atoms with Crippen LogP contribution in [-0.2, 0) is 21.2 Å². The van der Waals surface area contributed by atoms with E-state index in [1.54, 1.807) is 6.07 Å². The Labute approximate surface area is 203 Å². The lowest BCUT2D eigenvalue weighted by atomic mass is 9.88. The van der Waals surface area contributed by atoms with E-state index >= 15 is 4.39 Å². The lowest BCUT2D eigenvalue weighted by molar-refractivity contribution is -0.153. The quantitative estimate of drug-likeness (QED) is 0.598. The lowest BCUT2D eigenvalue weighted by Crippen LogP contribution is -2.62. The van der Waals surface area contributed by atoms with Gasteiger partial charge in [0, 0.05) is 23.7 Å². The second-order valence-electron chi connectivity index (χ2n) is 9.91. The number of benzene rings is 2. The zero-order valence-electron chi connectivity index (χ0n) is 19.8. The molecular formula is C25H29F3N2O4S. The SMILES string of the molecule is CCS(=O)(=O)N[C@H]1C[C@@H]2C[C@@H]2N(C(=O)C(C)(C)O)[C@H]1Cc1cccc(-c2cc(F)cc(F)c2)c1F. The van der Waals surface area contributed by atoms with Crippen molar-refractivity contribution in [3.8, 4) is 11.1 Å². The molecule has 2 aromatic rings. The second-order valence-corrected chi connectivity index (χ2v) is 11.9. The number of amides is 1. The lowest BCUT2D eigenvalue weighted by Gasteiger charge is -2.43. The third kappa shape index (κ3) is 5.39. The maximum Gasteiger partial charge on any atom is 0.254 e. The van der Waals surface area contributed by atoms with Crippen molar-refractivity contribution in [3.63, 3.8) is 0 Å². The maximum absolute atomic E-state index is 15.6. The van der Waals surface area contributed by atoms with Crippen LogP contribution in [0.4, 0.5) is 13.2 Å². The van der Waals surface area contributed by atoms with Crippen LogP contribution in [0.15, 0.2) is 36.4 Å². The molecule has 6 nitrogen and oxygen atoms in total. The van der Waals surface area contributed by atoms with E-state index in [2.05, 4.69) is 4.72 Å². The Balaban J connectivity index is 1.74. The predicted molar refractivity (Wildman–Crippen MR) is 125 cm³/mol. The number of fused-ring (bicyclic) bond motifs is 1. The topological polar surface area (TPSA) is 86.7 Å². The van der Waals surface area contributed by atoms with Crippen LogP contribution in [0, 0.1) is 23.4 Å². The molecule has 0 radical (unpaired) electrons. The Morgan fingerprint density at radius 3 is 2.40 bits per heavy atom.